The minimum Gasteiger partial charge on any atom is -0.507 e. The van der Waals surface area contributed by atoms with Crippen molar-refractivity contribution in [3.8, 4) is 34.2 Å². The second-order valence-electron chi connectivity index (χ2n) is 9.93. The van der Waals surface area contributed by atoms with E-state index in [-0.39, 0.29) is 35.3 Å². The van der Waals surface area contributed by atoms with Crippen LogP contribution in [0.3, 0.4) is 0 Å². The van der Waals surface area contributed by atoms with Gasteiger partial charge in [-0.15, -0.1) is 27.7 Å². The Morgan fingerprint density at radius 3 is 2.47 bits per heavy atom. The Balaban J connectivity index is 0.00000274. The van der Waals surface area contributed by atoms with Crippen molar-refractivity contribution in [3.63, 3.8) is 0 Å². The van der Waals surface area contributed by atoms with E-state index < -0.39 is 0 Å². The number of halogens is 1. The van der Waals surface area contributed by atoms with Gasteiger partial charge >= 0.3 is 0 Å². The molecule has 0 saturated carbocycles. The minimum atomic E-state index is -0.0357. The van der Waals surface area contributed by atoms with Crippen molar-refractivity contribution in [3.05, 3.63) is 36.2 Å². The standard InChI is InChI=1S/C23H25N9O.ClH/c1-22(2)9-14(10-23(3,4)30-22)32-21-18(28-31-32)8-17(27-29-21)15-6-5-13(7-20(15)33)16-12-25-26-19(16)11-24;/h5-8,12,14,30,33H,9-10H2,1-4H3,(H,25,26);1H. The van der Waals surface area contributed by atoms with Gasteiger partial charge in [0, 0.05) is 22.2 Å². The van der Waals surface area contributed by atoms with Gasteiger partial charge in [0.05, 0.1) is 17.9 Å². The zero-order chi connectivity index (χ0) is 23.4. The van der Waals surface area contributed by atoms with Crippen LogP contribution in [0, 0.1) is 11.3 Å². The lowest BCUT2D eigenvalue weighted by Crippen LogP contribution is -2.58. The molecule has 1 fully saturated rings. The molecular weight excluding hydrogens is 454 g/mol. The number of nitriles is 1. The van der Waals surface area contributed by atoms with Crippen molar-refractivity contribution in [1.82, 2.24) is 40.7 Å². The van der Waals surface area contributed by atoms with Gasteiger partial charge in [0.25, 0.3) is 0 Å². The van der Waals surface area contributed by atoms with E-state index in [0.717, 1.165) is 12.8 Å². The van der Waals surface area contributed by atoms with Gasteiger partial charge in [0.1, 0.15) is 23.0 Å². The van der Waals surface area contributed by atoms with Gasteiger partial charge < -0.3 is 10.4 Å². The van der Waals surface area contributed by atoms with Gasteiger partial charge in [0.15, 0.2) is 0 Å². The Morgan fingerprint density at radius 2 is 1.79 bits per heavy atom. The summed E-state index contributed by atoms with van der Waals surface area (Å²) in [5.74, 6) is 0.0282. The maximum Gasteiger partial charge on any atom is 0.201 e. The summed E-state index contributed by atoms with van der Waals surface area (Å²) in [5.41, 5.74) is 3.84. The first-order chi connectivity index (χ1) is 15.7. The SMILES string of the molecule is CC1(C)CC(n2nnc3cc(-c4ccc(-c5cn[nH]c5C#N)cc4O)nnc32)CC(C)(C)N1.Cl. The van der Waals surface area contributed by atoms with E-state index in [0.29, 0.717) is 39.2 Å². The van der Waals surface area contributed by atoms with Crippen LogP contribution in [0.1, 0.15) is 52.3 Å². The number of rotatable bonds is 3. The fourth-order valence-corrected chi connectivity index (χ4v) is 5.08. The average molecular weight is 480 g/mol. The van der Waals surface area contributed by atoms with Crippen LogP contribution in [0.4, 0.5) is 0 Å². The third kappa shape index (κ3) is 4.20. The highest BCUT2D eigenvalue weighted by Crippen LogP contribution is 2.37. The fourth-order valence-electron chi connectivity index (χ4n) is 5.08. The van der Waals surface area contributed by atoms with Crippen LogP contribution < -0.4 is 5.32 Å². The van der Waals surface area contributed by atoms with Crippen LogP contribution in [0.2, 0.25) is 0 Å². The van der Waals surface area contributed by atoms with Gasteiger partial charge in [-0.1, -0.05) is 11.3 Å². The van der Waals surface area contributed by atoms with Gasteiger partial charge in [0.2, 0.25) is 5.65 Å². The van der Waals surface area contributed by atoms with Gasteiger partial charge in [-0.05, 0) is 64.3 Å². The first kappa shape index (κ1) is 23.6. The molecule has 0 amide bonds. The number of H-pyrrole nitrogens is 1. The summed E-state index contributed by atoms with van der Waals surface area (Å²) in [5, 5.41) is 47.6. The third-order valence-electron chi connectivity index (χ3n) is 6.07. The molecule has 1 aliphatic heterocycles. The number of aromatic nitrogens is 7. The average Bonchev–Trinajstić information content (AvgIpc) is 3.37. The summed E-state index contributed by atoms with van der Waals surface area (Å²) in [6, 6.07) is 9.14. The largest absolute Gasteiger partial charge is 0.507 e. The number of fused-ring (bicyclic) bond motifs is 1. The number of phenolic OH excluding ortho intramolecular Hbond substituents is 1. The Morgan fingerprint density at radius 1 is 1.06 bits per heavy atom. The molecule has 176 valence electrons. The second-order valence-corrected chi connectivity index (χ2v) is 9.93. The smallest absolute Gasteiger partial charge is 0.201 e. The van der Waals surface area contributed by atoms with Crippen molar-refractivity contribution in [2.24, 2.45) is 0 Å². The Bertz CT molecular complexity index is 1380. The van der Waals surface area contributed by atoms with E-state index in [4.69, 9.17) is 0 Å². The van der Waals surface area contributed by atoms with Crippen molar-refractivity contribution in [1.29, 1.82) is 5.26 Å². The van der Waals surface area contributed by atoms with Crippen molar-refractivity contribution >= 4 is 23.6 Å². The zero-order valence-corrected chi connectivity index (χ0v) is 20.2. The predicted molar refractivity (Wildman–Crippen MR) is 129 cm³/mol. The third-order valence-corrected chi connectivity index (χ3v) is 6.07. The summed E-state index contributed by atoms with van der Waals surface area (Å²) >= 11 is 0. The highest BCUT2D eigenvalue weighted by atomic mass is 35.5. The summed E-state index contributed by atoms with van der Waals surface area (Å²) in [7, 11) is 0. The number of nitrogens with one attached hydrogen (secondary N) is 2. The zero-order valence-electron chi connectivity index (χ0n) is 19.4. The fraction of sp³-hybridized carbons (Fsp3) is 0.391. The number of phenols is 1. The first-order valence-electron chi connectivity index (χ1n) is 10.8. The molecule has 0 unspecified atom stereocenters. The molecule has 3 N–H and O–H groups in total. The molecule has 5 rings (SSSR count). The molecule has 3 aromatic heterocycles. The number of hydrogen-bond donors (Lipinski definition) is 3. The molecule has 0 spiro atoms. The molecular formula is C23H26ClN9O. The molecule has 10 nitrogen and oxygen atoms in total. The predicted octanol–water partition coefficient (Wildman–Crippen LogP) is 3.76. The lowest BCUT2D eigenvalue weighted by molar-refractivity contribution is 0.127. The van der Waals surface area contributed by atoms with Crippen LogP contribution in [0.25, 0.3) is 33.5 Å². The van der Waals surface area contributed by atoms with E-state index >= 15 is 0 Å². The number of aromatic hydroxyl groups is 1. The van der Waals surface area contributed by atoms with Crippen LogP contribution in [0.15, 0.2) is 30.5 Å². The Hall–Kier alpha value is -3.55. The molecule has 1 saturated heterocycles. The maximum atomic E-state index is 10.7. The molecule has 4 heterocycles. The molecule has 0 aliphatic carbocycles. The lowest BCUT2D eigenvalue weighted by atomic mass is 9.80. The molecule has 34 heavy (non-hydrogen) atoms. The number of piperidine rings is 1. The highest BCUT2D eigenvalue weighted by Gasteiger charge is 2.39. The second kappa shape index (κ2) is 8.34. The van der Waals surface area contributed by atoms with E-state index in [9.17, 15) is 10.4 Å². The Labute approximate surface area is 202 Å². The number of aromatic amines is 1. The minimum absolute atomic E-state index is 0. The number of hydrogen-bond acceptors (Lipinski definition) is 8. The van der Waals surface area contributed by atoms with E-state index in [1.165, 1.54) is 0 Å². The maximum absolute atomic E-state index is 10.7. The molecule has 4 aromatic rings. The first-order valence-corrected chi connectivity index (χ1v) is 10.8. The van der Waals surface area contributed by atoms with Gasteiger partial charge in [-0.2, -0.15) is 10.4 Å². The Kier molecular flexibility index (Phi) is 5.79. The normalized spacial score (nSPS) is 17.3. The van der Waals surface area contributed by atoms with Crippen molar-refractivity contribution in [2.45, 2.75) is 57.7 Å². The van der Waals surface area contributed by atoms with Gasteiger partial charge in [-0.25, -0.2) is 4.68 Å². The number of nitrogens with zero attached hydrogens (tertiary/aromatic N) is 7. The van der Waals surface area contributed by atoms with E-state index in [1.807, 2.05) is 10.7 Å². The summed E-state index contributed by atoms with van der Waals surface area (Å²) in [6.45, 7) is 8.78. The monoisotopic (exact) mass is 479 g/mol. The molecule has 1 aromatic carbocycles. The van der Waals surface area contributed by atoms with E-state index in [1.54, 1.807) is 24.4 Å². The van der Waals surface area contributed by atoms with Crippen LogP contribution in [0.5, 0.6) is 5.75 Å². The summed E-state index contributed by atoms with van der Waals surface area (Å²) < 4.78 is 1.88. The van der Waals surface area contributed by atoms with E-state index in [2.05, 4.69) is 69.8 Å². The van der Waals surface area contributed by atoms with Gasteiger partial charge in [-0.3, -0.25) is 5.10 Å². The van der Waals surface area contributed by atoms with Crippen molar-refractivity contribution in [2.75, 3.05) is 0 Å². The molecule has 0 atom stereocenters. The number of benzene rings is 1. The van der Waals surface area contributed by atoms with Crippen LogP contribution in [-0.4, -0.2) is 51.6 Å². The van der Waals surface area contributed by atoms with Crippen LogP contribution >= 0.6 is 12.4 Å². The molecule has 11 heteroatoms. The highest BCUT2D eigenvalue weighted by molar-refractivity contribution is 5.85. The quantitative estimate of drug-likeness (QED) is 0.403. The van der Waals surface area contributed by atoms with Crippen LogP contribution in [-0.2, 0) is 0 Å². The molecule has 0 radical (unpaired) electrons. The summed E-state index contributed by atoms with van der Waals surface area (Å²) in [4.78, 5) is 0. The molecule has 0 bridgehead atoms. The lowest BCUT2D eigenvalue weighted by Gasteiger charge is -2.46. The molecule has 1 aliphatic rings. The topological polar surface area (TPSA) is 141 Å². The summed E-state index contributed by atoms with van der Waals surface area (Å²) in [6.07, 6.45) is 3.36. The van der Waals surface area contributed by atoms with Crippen molar-refractivity contribution < 1.29 is 5.11 Å².